The molecule has 3 N–H and O–H groups in total. The molecule has 0 saturated carbocycles. The van der Waals surface area contributed by atoms with Crippen molar-refractivity contribution in [1.29, 1.82) is 5.53 Å². The highest BCUT2D eigenvalue weighted by atomic mass is 16.2. The Balaban J connectivity index is 0.000000400. The quantitative estimate of drug-likeness (QED) is 0.451. The lowest BCUT2D eigenvalue weighted by Crippen LogP contribution is -2.42. The van der Waals surface area contributed by atoms with Crippen LogP contribution in [-0.4, -0.2) is 36.9 Å². The van der Waals surface area contributed by atoms with Crippen molar-refractivity contribution in [2.24, 2.45) is 5.11 Å². The van der Waals surface area contributed by atoms with Gasteiger partial charge in [0, 0.05) is 20.1 Å². The maximum Gasteiger partial charge on any atom is 0.243 e. The van der Waals surface area contributed by atoms with Gasteiger partial charge in [-0.3, -0.25) is 9.59 Å². The molecule has 2 amide bonds. The highest BCUT2D eigenvalue weighted by Gasteiger charge is 2.29. The first-order valence-electron chi connectivity index (χ1n) is 10.7. The molecule has 0 aliphatic carbocycles. The molecule has 2 aromatic carbocycles. The normalized spacial score (nSPS) is 14.4. The molecule has 31 heavy (non-hydrogen) atoms. The minimum absolute atomic E-state index is 0.137. The third-order valence-corrected chi connectivity index (χ3v) is 4.82. The zero-order chi connectivity index (χ0) is 23.2. The van der Waals surface area contributed by atoms with Crippen LogP contribution in [0.25, 0.3) is 0 Å². The molecule has 1 saturated heterocycles. The molecular formula is C24H35N5O2. The number of aryl methyl sites for hydroxylation is 2. The van der Waals surface area contributed by atoms with E-state index in [-0.39, 0.29) is 11.9 Å². The van der Waals surface area contributed by atoms with Gasteiger partial charge in [0.2, 0.25) is 12.3 Å². The van der Waals surface area contributed by atoms with Crippen LogP contribution in [0.1, 0.15) is 43.4 Å². The zero-order valence-corrected chi connectivity index (χ0v) is 19.2. The second kappa shape index (κ2) is 13.9. The molecule has 1 unspecified atom stereocenters. The second-order valence-corrected chi connectivity index (χ2v) is 7.09. The van der Waals surface area contributed by atoms with Crippen LogP contribution < -0.4 is 10.6 Å². The van der Waals surface area contributed by atoms with Crippen molar-refractivity contribution < 1.29 is 9.59 Å². The average Bonchev–Trinajstić information content (AvgIpc) is 3.28. The van der Waals surface area contributed by atoms with Gasteiger partial charge in [0.15, 0.2) is 0 Å². The Morgan fingerprint density at radius 2 is 1.87 bits per heavy atom. The standard InChI is InChI=1S/C14H19N5O2.C8H10.C2H6/c1-16-11-5-4-10(7-12(11)18-15)8-17-14(21)13-3-2-6-19(13)9-20;1-7-4-3-5-8(2)6-7;1-2/h4-5,7,9,13,15-16H,2-3,6,8H2,1H3,(H,17,21);3-6H,1-2H3;1-2H3. The highest BCUT2D eigenvalue weighted by Crippen LogP contribution is 2.25. The van der Waals surface area contributed by atoms with Crippen molar-refractivity contribution in [3.63, 3.8) is 0 Å². The van der Waals surface area contributed by atoms with E-state index >= 15 is 0 Å². The van der Waals surface area contributed by atoms with E-state index in [1.165, 1.54) is 16.0 Å². The molecular weight excluding hydrogens is 390 g/mol. The first-order valence-corrected chi connectivity index (χ1v) is 10.7. The number of hydrogen-bond donors (Lipinski definition) is 3. The predicted molar refractivity (Wildman–Crippen MR) is 126 cm³/mol. The summed E-state index contributed by atoms with van der Waals surface area (Å²) < 4.78 is 0. The van der Waals surface area contributed by atoms with Crippen molar-refractivity contribution in [2.45, 2.75) is 53.1 Å². The maximum absolute atomic E-state index is 12.1. The molecule has 0 bridgehead atoms. The van der Waals surface area contributed by atoms with Gasteiger partial charge in [-0.25, -0.2) is 5.53 Å². The average molecular weight is 426 g/mol. The van der Waals surface area contributed by atoms with Crippen molar-refractivity contribution >= 4 is 23.7 Å². The van der Waals surface area contributed by atoms with E-state index in [4.69, 9.17) is 5.53 Å². The summed E-state index contributed by atoms with van der Waals surface area (Å²) in [6.07, 6.45) is 2.29. The van der Waals surface area contributed by atoms with Crippen molar-refractivity contribution in [3.05, 3.63) is 59.2 Å². The van der Waals surface area contributed by atoms with Crippen LogP contribution in [0, 0.1) is 19.4 Å². The van der Waals surface area contributed by atoms with E-state index in [1.54, 1.807) is 13.1 Å². The van der Waals surface area contributed by atoms with Gasteiger partial charge in [0.05, 0.1) is 5.69 Å². The summed E-state index contributed by atoms with van der Waals surface area (Å²) in [4.78, 5) is 24.5. The number of likely N-dealkylation sites (tertiary alicyclic amines) is 1. The van der Waals surface area contributed by atoms with Gasteiger partial charge in [-0.2, -0.15) is 5.11 Å². The lowest BCUT2D eigenvalue weighted by molar-refractivity contribution is -0.131. The Kier molecular flexibility index (Phi) is 11.6. The van der Waals surface area contributed by atoms with Crippen LogP contribution in [0.4, 0.5) is 11.4 Å². The molecule has 2 aromatic rings. The number of anilines is 1. The van der Waals surface area contributed by atoms with Gasteiger partial charge in [-0.15, -0.1) is 0 Å². The van der Waals surface area contributed by atoms with Gasteiger partial charge in [0.1, 0.15) is 11.7 Å². The fourth-order valence-electron chi connectivity index (χ4n) is 3.30. The van der Waals surface area contributed by atoms with Crippen molar-refractivity contribution in [2.75, 3.05) is 18.9 Å². The minimum Gasteiger partial charge on any atom is -0.386 e. The molecule has 7 nitrogen and oxygen atoms in total. The molecule has 0 spiro atoms. The van der Waals surface area contributed by atoms with Crippen LogP contribution in [0.3, 0.4) is 0 Å². The summed E-state index contributed by atoms with van der Waals surface area (Å²) in [5.41, 5.74) is 12.0. The van der Waals surface area contributed by atoms with Gasteiger partial charge < -0.3 is 15.5 Å². The number of nitrogens with zero attached hydrogens (tertiary/aromatic N) is 2. The van der Waals surface area contributed by atoms with Crippen LogP contribution >= 0.6 is 0 Å². The Labute approximate surface area is 185 Å². The summed E-state index contributed by atoms with van der Waals surface area (Å²) in [6, 6.07) is 13.5. The SMILES string of the molecule is CC.CNc1ccc(CNC(=O)C2CCCN2C=O)cc1N=N.Cc1cccc(C)c1. The summed E-state index contributed by atoms with van der Waals surface area (Å²) in [5, 5.41) is 9.23. The van der Waals surface area contributed by atoms with Crippen LogP contribution in [0.2, 0.25) is 0 Å². The number of nitrogens with one attached hydrogen (secondary N) is 3. The fraction of sp³-hybridized carbons (Fsp3) is 0.417. The van der Waals surface area contributed by atoms with Gasteiger partial charge in [-0.1, -0.05) is 55.3 Å². The van der Waals surface area contributed by atoms with Crippen LogP contribution in [0.5, 0.6) is 0 Å². The predicted octanol–water partition coefficient (Wildman–Crippen LogP) is 4.96. The molecule has 1 fully saturated rings. The minimum atomic E-state index is -0.362. The summed E-state index contributed by atoms with van der Waals surface area (Å²) in [6.45, 7) is 9.20. The van der Waals surface area contributed by atoms with Crippen LogP contribution in [0.15, 0.2) is 47.6 Å². The summed E-state index contributed by atoms with van der Waals surface area (Å²) >= 11 is 0. The van der Waals surface area contributed by atoms with Crippen molar-refractivity contribution in [3.8, 4) is 0 Å². The van der Waals surface area contributed by atoms with Gasteiger partial charge in [-0.05, 0) is 44.4 Å². The fourth-order valence-corrected chi connectivity index (χ4v) is 3.30. The number of carbonyl (C=O) groups excluding carboxylic acids is 2. The van der Waals surface area contributed by atoms with E-state index in [1.807, 2.05) is 26.0 Å². The molecule has 1 heterocycles. The first-order chi connectivity index (χ1) is 15.0. The van der Waals surface area contributed by atoms with E-state index in [0.29, 0.717) is 25.2 Å². The molecule has 0 radical (unpaired) electrons. The zero-order valence-electron chi connectivity index (χ0n) is 19.2. The molecule has 7 heteroatoms. The lowest BCUT2D eigenvalue weighted by Gasteiger charge is -2.19. The smallest absolute Gasteiger partial charge is 0.243 e. The third-order valence-electron chi connectivity index (χ3n) is 4.82. The maximum atomic E-state index is 12.1. The summed E-state index contributed by atoms with van der Waals surface area (Å²) in [5.74, 6) is -0.137. The molecule has 168 valence electrons. The van der Waals surface area contributed by atoms with E-state index < -0.39 is 0 Å². The second-order valence-electron chi connectivity index (χ2n) is 7.09. The van der Waals surface area contributed by atoms with E-state index in [9.17, 15) is 9.59 Å². The molecule has 1 aliphatic heterocycles. The number of benzene rings is 2. The molecule has 1 aliphatic rings. The summed E-state index contributed by atoms with van der Waals surface area (Å²) in [7, 11) is 1.76. The Morgan fingerprint density at radius 3 is 2.39 bits per heavy atom. The molecule has 1 atom stereocenters. The number of rotatable bonds is 6. The molecule has 0 aromatic heterocycles. The van der Waals surface area contributed by atoms with Crippen LogP contribution in [-0.2, 0) is 16.1 Å². The first kappa shape index (κ1) is 25.8. The van der Waals surface area contributed by atoms with E-state index in [2.05, 4.69) is 53.9 Å². The third kappa shape index (κ3) is 8.20. The Morgan fingerprint density at radius 1 is 1.19 bits per heavy atom. The number of hydrogen-bond acceptors (Lipinski definition) is 5. The highest BCUT2D eigenvalue weighted by molar-refractivity contribution is 5.84. The molecule has 3 rings (SSSR count). The Bertz CT molecular complexity index is 836. The number of carbonyl (C=O) groups is 2. The largest absolute Gasteiger partial charge is 0.386 e. The Hall–Kier alpha value is -3.22. The lowest BCUT2D eigenvalue weighted by atomic mass is 10.1. The topological polar surface area (TPSA) is 97.7 Å². The van der Waals surface area contributed by atoms with Crippen molar-refractivity contribution in [1.82, 2.24) is 10.2 Å². The monoisotopic (exact) mass is 425 g/mol. The van der Waals surface area contributed by atoms with Gasteiger partial charge >= 0.3 is 0 Å². The number of amides is 2. The van der Waals surface area contributed by atoms with E-state index in [0.717, 1.165) is 24.1 Å². The van der Waals surface area contributed by atoms with Gasteiger partial charge in [0.25, 0.3) is 0 Å².